The number of aliphatic hydroxyl groups excluding tert-OH is 1. The molecule has 5 nitrogen and oxygen atoms in total. The Labute approximate surface area is 189 Å². The molecule has 1 saturated carbocycles. The van der Waals surface area contributed by atoms with Crippen molar-refractivity contribution in [3.05, 3.63) is 83.1 Å². The van der Waals surface area contributed by atoms with Crippen LogP contribution in [0.4, 0.5) is 4.39 Å². The minimum absolute atomic E-state index is 0.237. The van der Waals surface area contributed by atoms with Gasteiger partial charge in [-0.25, -0.2) is 9.07 Å². The van der Waals surface area contributed by atoms with Gasteiger partial charge in [0.1, 0.15) is 11.5 Å². The van der Waals surface area contributed by atoms with Gasteiger partial charge in [0.15, 0.2) is 0 Å². The van der Waals surface area contributed by atoms with E-state index in [4.69, 9.17) is 16.7 Å². The Morgan fingerprint density at radius 2 is 1.88 bits per heavy atom. The first-order valence-electron chi connectivity index (χ1n) is 10.5. The molecule has 162 valence electrons. The van der Waals surface area contributed by atoms with E-state index in [0.29, 0.717) is 33.9 Å². The number of hydrogen-bond donors (Lipinski definition) is 2. The molecular formula is C25H21ClFN3O2. The smallest absolute Gasteiger partial charge is 0.251 e. The number of aliphatic hydroxyl groups is 1. The van der Waals surface area contributed by atoms with E-state index in [1.165, 1.54) is 12.1 Å². The van der Waals surface area contributed by atoms with Gasteiger partial charge in [-0.1, -0.05) is 29.8 Å². The number of rotatable bonds is 4. The largest absolute Gasteiger partial charge is 0.391 e. The van der Waals surface area contributed by atoms with Crippen LogP contribution in [0.3, 0.4) is 0 Å². The van der Waals surface area contributed by atoms with Crippen molar-refractivity contribution in [3.63, 3.8) is 0 Å². The van der Waals surface area contributed by atoms with Gasteiger partial charge in [-0.15, -0.1) is 0 Å². The standard InChI is InChI=1S/C25H21ClFN3O2/c26-20-5-2-1-4-18(20)24-19-13-8-15(25(32)28-21-6-3-7-23(21)31)14-22(19)30(29-24)17-11-9-16(27)10-12-17/h1-2,4-5,8-14,21,23,31H,3,6-7H2,(H,28,32)/t21-,23-/m1/s1. The second-order valence-corrected chi connectivity index (χ2v) is 8.43. The lowest BCUT2D eigenvalue weighted by atomic mass is 10.1. The van der Waals surface area contributed by atoms with Crippen molar-refractivity contribution in [3.8, 4) is 16.9 Å². The number of hydrogen-bond acceptors (Lipinski definition) is 3. The zero-order chi connectivity index (χ0) is 22.2. The summed E-state index contributed by atoms with van der Waals surface area (Å²) in [6.07, 6.45) is 1.84. The normalized spacial score (nSPS) is 18.2. The lowest BCUT2D eigenvalue weighted by Gasteiger charge is -2.16. The number of amides is 1. The zero-order valence-corrected chi connectivity index (χ0v) is 17.9. The second-order valence-electron chi connectivity index (χ2n) is 8.03. The molecule has 1 fully saturated rings. The zero-order valence-electron chi connectivity index (χ0n) is 17.1. The molecule has 32 heavy (non-hydrogen) atoms. The Morgan fingerprint density at radius 3 is 2.59 bits per heavy atom. The number of halogens is 2. The van der Waals surface area contributed by atoms with Crippen LogP contribution in [-0.4, -0.2) is 32.9 Å². The Bertz CT molecular complexity index is 1300. The summed E-state index contributed by atoms with van der Waals surface area (Å²) >= 11 is 6.44. The monoisotopic (exact) mass is 449 g/mol. The molecule has 3 aromatic carbocycles. The first-order valence-corrected chi connectivity index (χ1v) is 10.9. The number of carbonyl (C=O) groups excluding carboxylic acids is 1. The summed E-state index contributed by atoms with van der Waals surface area (Å²) in [7, 11) is 0. The quantitative estimate of drug-likeness (QED) is 0.454. The Kier molecular flexibility index (Phi) is 5.41. The van der Waals surface area contributed by atoms with E-state index in [9.17, 15) is 14.3 Å². The van der Waals surface area contributed by atoms with E-state index in [2.05, 4.69) is 5.32 Å². The molecule has 0 aliphatic heterocycles. The van der Waals surface area contributed by atoms with Crippen LogP contribution in [0.25, 0.3) is 27.8 Å². The molecule has 0 saturated heterocycles. The molecule has 0 bridgehead atoms. The Hall–Kier alpha value is -3.22. The minimum Gasteiger partial charge on any atom is -0.391 e. The first kappa shape index (κ1) is 20.7. The third kappa shape index (κ3) is 3.76. The molecule has 1 aromatic heterocycles. The number of nitrogens with zero attached hydrogens (tertiary/aromatic N) is 2. The highest BCUT2D eigenvalue weighted by atomic mass is 35.5. The van der Waals surface area contributed by atoms with Crippen LogP contribution >= 0.6 is 11.6 Å². The van der Waals surface area contributed by atoms with Crippen molar-refractivity contribution in [1.29, 1.82) is 0 Å². The van der Waals surface area contributed by atoms with Crippen molar-refractivity contribution < 1.29 is 14.3 Å². The Morgan fingerprint density at radius 1 is 1.09 bits per heavy atom. The number of benzene rings is 3. The van der Waals surface area contributed by atoms with Crippen LogP contribution < -0.4 is 5.32 Å². The van der Waals surface area contributed by atoms with Crippen LogP contribution in [0.1, 0.15) is 29.6 Å². The van der Waals surface area contributed by atoms with E-state index in [-0.39, 0.29) is 17.8 Å². The van der Waals surface area contributed by atoms with E-state index in [1.54, 1.807) is 35.0 Å². The maximum absolute atomic E-state index is 13.5. The topological polar surface area (TPSA) is 67.2 Å². The molecule has 7 heteroatoms. The summed E-state index contributed by atoms with van der Waals surface area (Å²) in [4.78, 5) is 12.9. The van der Waals surface area contributed by atoms with Gasteiger partial charge < -0.3 is 10.4 Å². The highest BCUT2D eigenvalue weighted by molar-refractivity contribution is 6.33. The van der Waals surface area contributed by atoms with Gasteiger partial charge in [0.2, 0.25) is 0 Å². The van der Waals surface area contributed by atoms with Gasteiger partial charge in [0.25, 0.3) is 5.91 Å². The summed E-state index contributed by atoms with van der Waals surface area (Å²) in [6, 6.07) is 18.6. The van der Waals surface area contributed by atoms with Gasteiger partial charge in [-0.05, 0) is 67.8 Å². The van der Waals surface area contributed by atoms with E-state index in [0.717, 1.165) is 23.8 Å². The van der Waals surface area contributed by atoms with Crippen LogP contribution in [0.2, 0.25) is 5.02 Å². The molecule has 1 amide bonds. The second kappa shape index (κ2) is 8.37. The van der Waals surface area contributed by atoms with E-state index < -0.39 is 6.10 Å². The van der Waals surface area contributed by atoms with Gasteiger partial charge in [0.05, 0.1) is 28.4 Å². The molecule has 2 N–H and O–H groups in total. The van der Waals surface area contributed by atoms with Crippen LogP contribution in [0, 0.1) is 5.82 Å². The summed E-state index contributed by atoms with van der Waals surface area (Å²) in [5.74, 6) is -0.587. The van der Waals surface area contributed by atoms with Crippen LogP contribution in [0.15, 0.2) is 66.7 Å². The lowest BCUT2D eigenvalue weighted by Crippen LogP contribution is -2.39. The third-order valence-electron chi connectivity index (χ3n) is 5.94. The van der Waals surface area contributed by atoms with Crippen molar-refractivity contribution in [2.24, 2.45) is 0 Å². The fourth-order valence-corrected chi connectivity index (χ4v) is 4.47. The fourth-order valence-electron chi connectivity index (χ4n) is 4.25. The highest BCUT2D eigenvalue weighted by Gasteiger charge is 2.27. The molecule has 0 unspecified atom stereocenters. The lowest BCUT2D eigenvalue weighted by molar-refractivity contribution is 0.0873. The maximum atomic E-state index is 13.5. The molecule has 0 spiro atoms. The number of aromatic nitrogens is 2. The van der Waals surface area contributed by atoms with E-state index >= 15 is 0 Å². The maximum Gasteiger partial charge on any atom is 0.251 e. The molecule has 0 radical (unpaired) electrons. The predicted octanol–water partition coefficient (Wildman–Crippen LogP) is 5.13. The third-order valence-corrected chi connectivity index (χ3v) is 6.27. The summed E-state index contributed by atoms with van der Waals surface area (Å²) in [5.41, 5.74) is 3.27. The molecule has 1 aliphatic carbocycles. The Balaban J connectivity index is 1.63. The van der Waals surface area contributed by atoms with Gasteiger partial charge in [-0.2, -0.15) is 5.10 Å². The molecular weight excluding hydrogens is 429 g/mol. The van der Waals surface area contributed by atoms with Gasteiger partial charge in [-0.3, -0.25) is 4.79 Å². The van der Waals surface area contributed by atoms with Crippen LogP contribution in [0.5, 0.6) is 0 Å². The molecule has 4 aromatic rings. The summed E-state index contributed by atoms with van der Waals surface area (Å²) < 4.78 is 15.2. The predicted molar refractivity (Wildman–Crippen MR) is 123 cm³/mol. The summed E-state index contributed by atoms with van der Waals surface area (Å²) in [5, 5.41) is 19.1. The van der Waals surface area contributed by atoms with E-state index in [1.807, 2.05) is 24.3 Å². The SMILES string of the molecule is O=C(N[C@@H]1CCC[C@H]1O)c1ccc2c(-c3ccccc3Cl)nn(-c3ccc(F)cc3)c2c1. The first-order chi connectivity index (χ1) is 15.5. The van der Waals surface area contributed by atoms with Crippen LogP contribution in [-0.2, 0) is 0 Å². The number of nitrogens with one attached hydrogen (secondary N) is 1. The number of carbonyl (C=O) groups is 1. The molecule has 5 rings (SSSR count). The van der Waals surface area contributed by atoms with Crippen molar-refractivity contribution >= 4 is 28.4 Å². The number of fused-ring (bicyclic) bond motifs is 1. The average Bonchev–Trinajstić information content (AvgIpc) is 3.37. The van der Waals surface area contributed by atoms with Gasteiger partial charge in [0, 0.05) is 16.5 Å². The fraction of sp³-hybridized carbons (Fsp3) is 0.200. The minimum atomic E-state index is -0.515. The average molecular weight is 450 g/mol. The molecule has 1 aliphatic rings. The molecule has 2 atom stereocenters. The van der Waals surface area contributed by atoms with Crippen molar-refractivity contribution in [1.82, 2.24) is 15.1 Å². The molecule has 1 heterocycles. The van der Waals surface area contributed by atoms with Crippen molar-refractivity contribution in [2.45, 2.75) is 31.4 Å². The van der Waals surface area contributed by atoms with Gasteiger partial charge >= 0.3 is 0 Å². The summed E-state index contributed by atoms with van der Waals surface area (Å²) in [6.45, 7) is 0. The highest BCUT2D eigenvalue weighted by Crippen LogP contribution is 2.34. The van der Waals surface area contributed by atoms with Crippen molar-refractivity contribution in [2.75, 3.05) is 0 Å².